The zero-order chi connectivity index (χ0) is 14.7. The van der Waals surface area contributed by atoms with E-state index in [-0.39, 0.29) is 58.6 Å². The van der Waals surface area contributed by atoms with Gasteiger partial charge in [0.1, 0.15) is 0 Å². The van der Waals surface area contributed by atoms with Crippen molar-refractivity contribution in [1.29, 1.82) is 0 Å². The molecule has 2 aromatic carbocycles. The van der Waals surface area contributed by atoms with Gasteiger partial charge < -0.3 is 24.8 Å². The Morgan fingerprint density at radius 1 is 1.17 bits per heavy atom. The van der Waals surface area contributed by atoms with Crippen LogP contribution in [0.4, 0.5) is 0 Å². The molecule has 0 bridgehead atoms. The summed E-state index contributed by atoms with van der Waals surface area (Å²) < 4.78 is 0. The second kappa shape index (κ2) is 11.2. The first-order valence-corrected chi connectivity index (χ1v) is 8.60. The first-order chi connectivity index (χ1) is 10.2. The molecule has 0 radical (unpaired) electrons. The van der Waals surface area contributed by atoms with Gasteiger partial charge in [0.15, 0.2) is 0 Å². The maximum Gasteiger partial charge on any atom is 4.00 e. The van der Waals surface area contributed by atoms with Crippen molar-refractivity contribution in [3.63, 3.8) is 0 Å². The summed E-state index contributed by atoms with van der Waals surface area (Å²) in [6.45, 7) is 4.22. The van der Waals surface area contributed by atoms with Crippen molar-refractivity contribution in [2.45, 2.75) is 20.3 Å². The molecule has 0 saturated carbocycles. The summed E-state index contributed by atoms with van der Waals surface area (Å²) in [6, 6.07) is 13.0. The Morgan fingerprint density at radius 3 is 2.42 bits per heavy atom. The predicted molar refractivity (Wildman–Crippen MR) is 92.2 cm³/mol. The summed E-state index contributed by atoms with van der Waals surface area (Å²) in [5.74, 6) is 4.23. The van der Waals surface area contributed by atoms with Gasteiger partial charge >= 0.3 is 26.2 Å². The molecule has 24 heavy (non-hydrogen) atoms. The Hall–Kier alpha value is -0.517. The third kappa shape index (κ3) is 5.78. The fourth-order valence-corrected chi connectivity index (χ4v) is 3.74. The summed E-state index contributed by atoms with van der Waals surface area (Å²) in [5.41, 5.74) is 2.71. The van der Waals surface area contributed by atoms with E-state index in [1.54, 1.807) is 0 Å². The van der Waals surface area contributed by atoms with Crippen LogP contribution in [0, 0.1) is 6.08 Å². The predicted octanol–water partition coefficient (Wildman–Crippen LogP) is 0.0209. The number of aromatic nitrogens is 1. The van der Waals surface area contributed by atoms with Gasteiger partial charge in [-0.25, -0.2) is 11.1 Å². The van der Waals surface area contributed by atoms with Crippen LogP contribution in [-0.2, 0) is 26.2 Å². The standard InChI is InChI=1S/C12H9NP.C7H9.2ClH.Zr/c1-2-4-11-8-12(7-10(11)3-1)14-6-5-13-9-14;1-6-4-3-5-7(6)2;;;/h1-9H;4H,3H2,1-2H3;2*1H;/q2*-1;;;+4/p-2. The van der Waals surface area contributed by atoms with Crippen molar-refractivity contribution in [2.24, 2.45) is 0 Å². The van der Waals surface area contributed by atoms with Crippen LogP contribution in [0.25, 0.3) is 16.1 Å². The molecule has 1 aliphatic carbocycles. The fourth-order valence-electron chi connectivity index (χ4n) is 2.34. The molecule has 1 nitrogen and oxygen atoms in total. The summed E-state index contributed by atoms with van der Waals surface area (Å²) in [5, 5.41) is 4.07. The molecular formula is C19H18Cl2NPZr. The molecule has 122 valence electrons. The molecule has 1 atom stereocenters. The zero-order valence-electron chi connectivity index (χ0n) is 13.6. The van der Waals surface area contributed by atoms with Crippen LogP contribution in [0.2, 0.25) is 0 Å². The van der Waals surface area contributed by atoms with E-state index in [1.165, 1.54) is 27.2 Å². The Labute approximate surface area is 176 Å². The number of nitrogens with zero attached hydrogens (tertiary/aromatic N) is 1. The molecule has 1 heterocycles. The molecule has 1 aromatic heterocycles. The molecule has 0 fully saturated rings. The Morgan fingerprint density at radius 2 is 1.92 bits per heavy atom. The molecule has 0 N–H and O–H groups in total. The van der Waals surface area contributed by atoms with E-state index in [2.05, 4.69) is 73.2 Å². The molecule has 0 amide bonds. The average Bonchev–Trinajstić information content (AvgIpc) is 3.21. The van der Waals surface area contributed by atoms with Crippen molar-refractivity contribution in [2.75, 3.05) is 0 Å². The first kappa shape index (κ1) is 23.5. The Kier molecular flexibility index (Phi) is 10.9. The average molecular weight is 453 g/mol. The minimum absolute atomic E-state index is 0. The van der Waals surface area contributed by atoms with Crippen molar-refractivity contribution < 1.29 is 51.0 Å². The third-order valence-electron chi connectivity index (χ3n) is 3.77. The molecule has 0 aliphatic heterocycles. The number of rotatable bonds is 1. The first-order valence-electron chi connectivity index (χ1n) is 7.12. The Balaban J connectivity index is 0.000000463. The topological polar surface area (TPSA) is 12.9 Å². The normalized spacial score (nSPS) is 12.7. The number of fused-ring (bicyclic) bond motifs is 1. The van der Waals surface area contributed by atoms with Crippen molar-refractivity contribution in [3.8, 4) is 5.30 Å². The second-order valence-corrected chi connectivity index (χ2v) is 7.07. The molecule has 1 unspecified atom stereocenters. The minimum Gasteiger partial charge on any atom is -1.00 e. The van der Waals surface area contributed by atoms with Gasteiger partial charge in [0.05, 0.1) is 0 Å². The van der Waals surface area contributed by atoms with Gasteiger partial charge in [0.25, 0.3) is 0 Å². The van der Waals surface area contributed by atoms with Crippen LogP contribution in [0.3, 0.4) is 0 Å². The molecule has 1 aliphatic rings. The van der Waals surface area contributed by atoms with E-state index in [4.69, 9.17) is 0 Å². The van der Waals surface area contributed by atoms with E-state index in [0.717, 1.165) is 6.42 Å². The van der Waals surface area contributed by atoms with Gasteiger partial charge in [-0.2, -0.15) is 12.1 Å². The monoisotopic (exact) mass is 451 g/mol. The van der Waals surface area contributed by atoms with Crippen LogP contribution >= 0.6 is 7.53 Å². The number of hydrogen-bond donors (Lipinski definition) is 0. The molecule has 0 spiro atoms. The summed E-state index contributed by atoms with van der Waals surface area (Å²) in [6.07, 6.45) is 8.30. The van der Waals surface area contributed by atoms with Crippen molar-refractivity contribution >= 4 is 18.3 Å². The summed E-state index contributed by atoms with van der Waals surface area (Å²) >= 11 is 0. The number of hydrogen-bond acceptors (Lipinski definition) is 1. The fraction of sp³-hybridized carbons (Fsp3) is 0.158. The minimum atomic E-state index is -0.259. The van der Waals surface area contributed by atoms with E-state index >= 15 is 0 Å². The number of benzene rings is 1. The van der Waals surface area contributed by atoms with Gasteiger partial charge in [-0.15, -0.1) is 48.4 Å². The molecule has 5 heteroatoms. The molecule has 0 saturated heterocycles. The van der Waals surface area contributed by atoms with Gasteiger partial charge in [0, 0.05) is 12.1 Å². The summed E-state index contributed by atoms with van der Waals surface area (Å²) in [7, 11) is -0.259. The molecule has 3 aromatic rings. The quantitative estimate of drug-likeness (QED) is 0.474. The van der Waals surface area contributed by atoms with E-state index in [1.807, 2.05) is 12.1 Å². The molecule has 4 rings (SSSR count). The van der Waals surface area contributed by atoms with Gasteiger partial charge in [-0.05, 0) is 5.80 Å². The summed E-state index contributed by atoms with van der Waals surface area (Å²) in [4.78, 5) is 4.13. The molecular weight excluding hydrogens is 435 g/mol. The zero-order valence-corrected chi connectivity index (χ0v) is 18.5. The second-order valence-electron chi connectivity index (χ2n) is 5.21. The van der Waals surface area contributed by atoms with Crippen LogP contribution in [0.15, 0.2) is 71.5 Å². The van der Waals surface area contributed by atoms with E-state index < -0.39 is 0 Å². The number of allylic oxidation sites excluding steroid dienone is 4. The van der Waals surface area contributed by atoms with Gasteiger partial charge in [-0.1, -0.05) is 25.8 Å². The van der Waals surface area contributed by atoms with Crippen LogP contribution in [-0.4, -0.2) is 4.98 Å². The van der Waals surface area contributed by atoms with E-state index in [9.17, 15) is 0 Å². The van der Waals surface area contributed by atoms with Crippen molar-refractivity contribution in [3.05, 3.63) is 77.6 Å². The largest absolute Gasteiger partial charge is 4.00 e. The van der Waals surface area contributed by atoms with Crippen molar-refractivity contribution in [1.82, 2.24) is 4.98 Å². The van der Waals surface area contributed by atoms with Gasteiger partial charge in [-0.3, -0.25) is 11.1 Å². The number of halogens is 2. The van der Waals surface area contributed by atoms with Crippen LogP contribution < -0.4 is 24.8 Å². The SMILES string of the molecule is CC1=[C-]CC=C1C.[Cl-].[Cl-].[Zr+4].c1ccc2[cH-]c(-p3ccnc3)cc2c1. The smallest absolute Gasteiger partial charge is 1.00 e. The maximum absolute atomic E-state index is 4.13. The Bertz CT molecular complexity index is 755. The maximum atomic E-state index is 4.13. The van der Waals surface area contributed by atoms with Crippen LogP contribution in [0.1, 0.15) is 20.3 Å². The van der Waals surface area contributed by atoms with E-state index in [0.29, 0.717) is 0 Å². The van der Waals surface area contributed by atoms with Crippen LogP contribution in [0.5, 0.6) is 0 Å². The third-order valence-corrected chi connectivity index (χ3v) is 5.46. The van der Waals surface area contributed by atoms with Gasteiger partial charge in [0.2, 0.25) is 0 Å².